The Kier molecular flexibility index (Phi) is 9.73. The van der Waals surface area contributed by atoms with Crippen LogP contribution < -0.4 is 5.73 Å². The summed E-state index contributed by atoms with van der Waals surface area (Å²) in [6.45, 7) is 2.17. The van der Waals surface area contributed by atoms with Crippen LogP contribution in [0, 0.1) is 11.2 Å². The van der Waals surface area contributed by atoms with Crippen LogP contribution in [0.2, 0.25) is 0 Å². The number of benzene rings is 1. The number of carboxylic acids is 2. The number of nitrogens with two attached hydrogens (primary N) is 1. The van der Waals surface area contributed by atoms with Crippen molar-refractivity contribution < 1.29 is 24.2 Å². The molecule has 18 heavy (non-hydrogen) atoms. The van der Waals surface area contributed by atoms with Gasteiger partial charge in [0, 0.05) is 13.8 Å². The predicted molar refractivity (Wildman–Crippen MR) is 64.0 cm³/mol. The standard InChI is InChI=1S/C7H7FN2.2C2H4O2/c8-6-4-2-1-3-5(6)7(9)10;2*1-2(3)4/h1-4H,(H3,9,10);2*1H3,(H,3,4). The van der Waals surface area contributed by atoms with Crippen LogP contribution in [0.25, 0.3) is 0 Å². The number of amidine groups is 1. The Labute approximate surface area is 103 Å². The van der Waals surface area contributed by atoms with Gasteiger partial charge in [-0.1, -0.05) is 12.1 Å². The lowest BCUT2D eigenvalue weighted by Gasteiger charge is -1.96. The Morgan fingerprint density at radius 2 is 1.50 bits per heavy atom. The molecule has 6 nitrogen and oxygen atoms in total. The Morgan fingerprint density at radius 3 is 1.72 bits per heavy atom. The summed E-state index contributed by atoms with van der Waals surface area (Å²) in [5.41, 5.74) is 5.21. The van der Waals surface area contributed by atoms with Crippen LogP contribution in [0.5, 0.6) is 0 Å². The maximum Gasteiger partial charge on any atom is 0.300 e. The van der Waals surface area contributed by atoms with Crippen molar-refractivity contribution in [2.24, 2.45) is 5.73 Å². The highest BCUT2D eigenvalue weighted by Crippen LogP contribution is 2.03. The summed E-state index contributed by atoms with van der Waals surface area (Å²) in [6.07, 6.45) is 0. The van der Waals surface area contributed by atoms with Gasteiger partial charge < -0.3 is 15.9 Å². The molecule has 0 atom stereocenters. The first-order valence-electron chi connectivity index (χ1n) is 4.66. The normalized spacial score (nSPS) is 7.94. The van der Waals surface area contributed by atoms with E-state index in [0.717, 1.165) is 13.8 Å². The molecule has 7 heteroatoms. The van der Waals surface area contributed by atoms with E-state index in [1.165, 1.54) is 12.1 Å². The molecule has 1 rings (SSSR count). The lowest BCUT2D eigenvalue weighted by molar-refractivity contribution is -0.135. The lowest BCUT2D eigenvalue weighted by atomic mass is 10.2. The van der Waals surface area contributed by atoms with Crippen LogP contribution in [0.4, 0.5) is 4.39 Å². The molecule has 0 unspecified atom stereocenters. The summed E-state index contributed by atoms with van der Waals surface area (Å²) >= 11 is 0. The van der Waals surface area contributed by atoms with E-state index in [2.05, 4.69) is 0 Å². The summed E-state index contributed by atoms with van der Waals surface area (Å²) in [6, 6.07) is 5.94. The highest BCUT2D eigenvalue weighted by Gasteiger charge is 2.00. The molecule has 0 aliphatic carbocycles. The molecular formula is C11H15FN2O4. The van der Waals surface area contributed by atoms with Gasteiger partial charge in [0.1, 0.15) is 11.7 Å². The molecule has 0 aromatic heterocycles. The maximum atomic E-state index is 12.6. The molecular weight excluding hydrogens is 243 g/mol. The fourth-order valence-corrected chi connectivity index (χ4v) is 0.680. The van der Waals surface area contributed by atoms with Gasteiger partial charge in [-0.3, -0.25) is 15.0 Å². The third-order valence-corrected chi connectivity index (χ3v) is 1.16. The summed E-state index contributed by atoms with van der Waals surface area (Å²) in [5.74, 6) is -2.35. The summed E-state index contributed by atoms with van der Waals surface area (Å²) in [5, 5.41) is 21.7. The molecule has 0 amide bonds. The topological polar surface area (TPSA) is 124 Å². The first-order chi connectivity index (χ1) is 8.18. The molecule has 0 saturated heterocycles. The number of carboxylic acid groups (broad SMARTS) is 2. The highest BCUT2D eigenvalue weighted by atomic mass is 19.1. The molecule has 0 aliphatic heterocycles. The first kappa shape index (κ1) is 17.9. The Balaban J connectivity index is 0. The third kappa shape index (κ3) is 13.6. The zero-order valence-corrected chi connectivity index (χ0v) is 9.98. The monoisotopic (exact) mass is 258 g/mol. The minimum Gasteiger partial charge on any atom is -0.481 e. The lowest BCUT2D eigenvalue weighted by Crippen LogP contribution is -2.12. The van der Waals surface area contributed by atoms with Gasteiger partial charge in [0.15, 0.2) is 0 Å². The smallest absolute Gasteiger partial charge is 0.300 e. The van der Waals surface area contributed by atoms with E-state index in [0.29, 0.717) is 0 Å². The molecule has 0 fully saturated rings. The zero-order valence-electron chi connectivity index (χ0n) is 9.98. The molecule has 0 aliphatic rings. The quantitative estimate of drug-likeness (QED) is 0.446. The highest BCUT2D eigenvalue weighted by molar-refractivity contribution is 5.95. The number of halogens is 1. The Hall–Kier alpha value is -2.44. The van der Waals surface area contributed by atoms with Crippen LogP contribution in [-0.4, -0.2) is 28.0 Å². The van der Waals surface area contributed by atoms with Crippen molar-refractivity contribution in [3.8, 4) is 0 Å². The molecule has 1 aromatic carbocycles. The SMILES string of the molecule is CC(=O)O.CC(=O)O.N=C(N)c1ccccc1F. The first-order valence-corrected chi connectivity index (χ1v) is 4.66. The fourth-order valence-electron chi connectivity index (χ4n) is 0.680. The molecule has 0 bridgehead atoms. The molecule has 0 radical (unpaired) electrons. The molecule has 0 spiro atoms. The summed E-state index contributed by atoms with van der Waals surface area (Å²) in [4.78, 5) is 18.0. The van der Waals surface area contributed by atoms with Crippen molar-refractivity contribution >= 4 is 17.8 Å². The maximum absolute atomic E-state index is 12.6. The summed E-state index contributed by atoms with van der Waals surface area (Å²) < 4.78 is 12.6. The van der Waals surface area contributed by atoms with Crippen LogP contribution >= 0.6 is 0 Å². The number of hydrogen-bond donors (Lipinski definition) is 4. The molecule has 1 aromatic rings. The van der Waals surface area contributed by atoms with E-state index in [1.807, 2.05) is 0 Å². The number of nitrogens with one attached hydrogen (secondary N) is 1. The Bertz CT molecular complexity index is 401. The molecule has 5 N–H and O–H groups in total. The van der Waals surface area contributed by atoms with Crippen LogP contribution in [0.3, 0.4) is 0 Å². The third-order valence-electron chi connectivity index (χ3n) is 1.16. The second-order valence-corrected chi connectivity index (χ2v) is 2.93. The van der Waals surface area contributed by atoms with Gasteiger partial charge in [-0.25, -0.2) is 4.39 Å². The Morgan fingerprint density at radius 1 is 1.17 bits per heavy atom. The van der Waals surface area contributed by atoms with Crippen molar-refractivity contribution in [2.75, 3.05) is 0 Å². The number of hydrogen-bond acceptors (Lipinski definition) is 3. The van der Waals surface area contributed by atoms with Crippen LogP contribution in [0.1, 0.15) is 19.4 Å². The summed E-state index contributed by atoms with van der Waals surface area (Å²) in [7, 11) is 0. The second-order valence-electron chi connectivity index (χ2n) is 2.93. The van der Waals surface area contributed by atoms with E-state index < -0.39 is 17.8 Å². The van der Waals surface area contributed by atoms with Crippen LogP contribution in [0.15, 0.2) is 24.3 Å². The largest absolute Gasteiger partial charge is 0.481 e. The number of aliphatic carboxylic acids is 2. The van der Waals surface area contributed by atoms with Crippen molar-refractivity contribution in [2.45, 2.75) is 13.8 Å². The van der Waals surface area contributed by atoms with Crippen LogP contribution in [-0.2, 0) is 9.59 Å². The van der Waals surface area contributed by atoms with Gasteiger partial charge in [0.05, 0.1) is 5.56 Å². The van der Waals surface area contributed by atoms with Crippen molar-refractivity contribution in [3.05, 3.63) is 35.6 Å². The van der Waals surface area contributed by atoms with Crippen molar-refractivity contribution in [1.82, 2.24) is 0 Å². The van der Waals surface area contributed by atoms with E-state index in [4.69, 9.17) is 30.9 Å². The van der Waals surface area contributed by atoms with Crippen molar-refractivity contribution in [1.29, 1.82) is 5.41 Å². The van der Waals surface area contributed by atoms with Gasteiger partial charge >= 0.3 is 0 Å². The second kappa shape index (κ2) is 9.76. The molecule has 0 saturated carbocycles. The van der Waals surface area contributed by atoms with Gasteiger partial charge in [-0.15, -0.1) is 0 Å². The fraction of sp³-hybridized carbons (Fsp3) is 0.182. The average Bonchev–Trinajstić information content (AvgIpc) is 2.15. The number of nitrogen functional groups attached to an aromatic ring is 1. The van der Waals surface area contributed by atoms with E-state index in [9.17, 15) is 4.39 Å². The molecule has 0 heterocycles. The van der Waals surface area contributed by atoms with E-state index in [-0.39, 0.29) is 11.4 Å². The number of rotatable bonds is 1. The average molecular weight is 258 g/mol. The van der Waals surface area contributed by atoms with Gasteiger partial charge in [0.25, 0.3) is 11.9 Å². The van der Waals surface area contributed by atoms with Gasteiger partial charge in [-0.2, -0.15) is 0 Å². The van der Waals surface area contributed by atoms with Gasteiger partial charge in [-0.05, 0) is 12.1 Å². The van der Waals surface area contributed by atoms with Gasteiger partial charge in [0.2, 0.25) is 0 Å². The van der Waals surface area contributed by atoms with E-state index in [1.54, 1.807) is 12.1 Å². The number of carbonyl (C=O) groups is 2. The minimum absolute atomic E-state index is 0.155. The molecule has 100 valence electrons. The van der Waals surface area contributed by atoms with Crippen molar-refractivity contribution in [3.63, 3.8) is 0 Å². The minimum atomic E-state index is -0.833. The van der Waals surface area contributed by atoms with E-state index >= 15 is 0 Å². The predicted octanol–water partition coefficient (Wildman–Crippen LogP) is 1.29. The zero-order chi connectivity index (χ0) is 14.7.